The van der Waals surface area contributed by atoms with Crippen LogP contribution in [0.15, 0.2) is 23.1 Å². The van der Waals surface area contributed by atoms with Crippen LogP contribution in [0.5, 0.6) is 0 Å². The van der Waals surface area contributed by atoms with Gasteiger partial charge in [-0.1, -0.05) is 30.9 Å². The van der Waals surface area contributed by atoms with Crippen LogP contribution in [-0.4, -0.2) is 29.6 Å². The second-order valence-electron chi connectivity index (χ2n) is 5.28. The van der Waals surface area contributed by atoms with Gasteiger partial charge in [0.2, 0.25) is 5.91 Å². The molecule has 0 radical (unpaired) electrons. The highest BCUT2D eigenvalue weighted by Crippen LogP contribution is 2.29. The van der Waals surface area contributed by atoms with Crippen molar-refractivity contribution in [3.63, 3.8) is 0 Å². The minimum Gasteiger partial charge on any atom is -0.399 e. The van der Waals surface area contributed by atoms with Gasteiger partial charge in [0.25, 0.3) is 0 Å². The number of hydrogen-bond acceptors (Lipinski definition) is 3. The molecule has 20 heavy (non-hydrogen) atoms. The quantitative estimate of drug-likeness (QED) is 0.679. The molecule has 0 aromatic heterocycles. The standard InChI is InChI=1S/C15H21ClN2OS/c1-18(12-5-3-2-4-6-12)15(19)10-20-14-8-7-11(17)9-13(14)16/h7-9,12H,2-6,10,17H2,1H3. The van der Waals surface area contributed by atoms with Crippen molar-refractivity contribution in [2.75, 3.05) is 18.5 Å². The summed E-state index contributed by atoms with van der Waals surface area (Å²) >= 11 is 7.59. The van der Waals surface area contributed by atoms with Crippen molar-refractivity contribution < 1.29 is 4.79 Å². The summed E-state index contributed by atoms with van der Waals surface area (Å²) < 4.78 is 0. The molecule has 1 aromatic rings. The lowest BCUT2D eigenvalue weighted by Gasteiger charge is -2.31. The van der Waals surface area contributed by atoms with Crippen molar-refractivity contribution >= 4 is 35.0 Å². The highest BCUT2D eigenvalue weighted by atomic mass is 35.5. The number of anilines is 1. The molecule has 2 N–H and O–H groups in total. The molecule has 1 aliphatic carbocycles. The van der Waals surface area contributed by atoms with Gasteiger partial charge in [0.15, 0.2) is 0 Å². The van der Waals surface area contributed by atoms with Crippen molar-refractivity contribution in [3.8, 4) is 0 Å². The predicted octanol–water partition coefficient (Wildman–Crippen LogP) is 3.81. The fourth-order valence-electron chi connectivity index (χ4n) is 2.55. The van der Waals surface area contributed by atoms with Crippen LogP contribution in [0, 0.1) is 0 Å². The summed E-state index contributed by atoms with van der Waals surface area (Å²) in [4.78, 5) is 15.1. The van der Waals surface area contributed by atoms with E-state index in [1.807, 2.05) is 24.1 Å². The third-order valence-corrected chi connectivity index (χ3v) is 5.31. The van der Waals surface area contributed by atoms with Gasteiger partial charge in [-0.05, 0) is 31.0 Å². The number of halogens is 1. The van der Waals surface area contributed by atoms with Gasteiger partial charge < -0.3 is 10.6 Å². The first-order valence-corrected chi connectivity index (χ1v) is 8.38. The smallest absolute Gasteiger partial charge is 0.232 e. The first-order valence-electron chi connectivity index (χ1n) is 7.01. The lowest BCUT2D eigenvalue weighted by atomic mass is 9.94. The second kappa shape index (κ2) is 7.23. The van der Waals surface area contributed by atoms with E-state index >= 15 is 0 Å². The van der Waals surface area contributed by atoms with E-state index < -0.39 is 0 Å². The normalized spacial score (nSPS) is 16.1. The molecule has 0 atom stereocenters. The number of thioether (sulfide) groups is 1. The van der Waals surface area contributed by atoms with Gasteiger partial charge >= 0.3 is 0 Å². The van der Waals surface area contributed by atoms with Crippen LogP contribution in [-0.2, 0) is 4.79 Å². The van der Waals surface area contributed by atoms with Crippen molar-refractivity contribution in [1.29, 1.82) is 0 Å². The Bertz CT molecular complexity index is 475. The molecule has 0 aliphatic heterocycles. The molecule has 1 amide bonds. The van der Waals surface area contributed by atoms with Crippen molar-refractivity contribution in [3.05, 3.63) is 23.2 Å². The molecule has 110 valence electrons. The molecule has 1 fully saturated rings. The van der Waals surface area contributed by atoms with Crippen LogP contribution < -0.4 is 5.73 Å². The average molecular weight is 313 g/mol. The minimum atomic E-state index is 0.176. The van der Waals surface area contributed by atoms with Gasteiger partial charge in [-0.25, -0.2) is 0 Å². The molecule has 0 heterocycles. The van der Waals surface area contributed by atoms with Crippen molar-refractivity contribution in [2.24, 2.45) is 0 Å². The van der Waals surface area contributed by atoms with Crippen LogP contribution in [0.1, 0.15) is 32.1 Å². The zero-order chi connectivity index (χ0) is 14.5. The zero-order valence-electron chi connectivity index (χ0n) is 11.8. The molecule has 1 aromatic carbocycles. The van der Waals surface area contributed by atoms with Gasteiger partial charge in [-0.2, -0.15) is 0 Å². The Labute approximate surface area is 129 Å². The molecule has 2 rings (SSSR count). The third kappa shape index (κ3) is 4.06. The Morgan fingerprint density at radius 2 is 2.10 bits per heavy atom. The van der Waals surface area contributed by atoms with Crippen LogP contribution in [0.2, 0.25) is 5.02 Å². The van der Waals surface area contributed by atoms with Gasteiger partial charge in [-0.15, -0.1) is 11.8 Å². The van der Waals surface area contributed by atoms with Crippen molar-refractivity contribution in [1.82, 2.24) is 4.90 Å². The number of hydrogen-bond donors (Lipinski definition) is 1. The van der Waals surface area contributed by atoms with E-state index in [1.165, 1.54) is 31.0 Å². The minimum absolute atomic E-state index is 0.176. The highest BCUT2D eigenvalue weighted by molar-refractivity contribution is 8.00. The summed E-state index contributed by atoms with van der Waals surface area (Å²) in [7, 11) is 1.92. The van der Waals surface area contributed by atoms with E-state index in [-0.39, 0.29) is 5.91 Å². The topological polar surface area (TPSA) is 46.3 Å². The van der Waals surface area contributed by atoms with E-state index in [9.17, 15) is 4.79 Å². The fourth-order valence-corrected chi connectivity index (χ4v) is 3.74. The number of rotatable bonds is 4. The molecule has 0 saturated heterocycles. The van der Waals surface area contributed by atoms with Crippen molar-refractivity contribution in [2.45, 2.75) is 43.0 Å². The lowest BCUT2D eigenvalue weighted by molar-refractivity contribution is -0.129. The maximum Gasteiger partial charge on any atom is 0.232 e. The SMILES string of the molecule is CN(C(=O)CSc1ccc(N)cc1Cl)C1CCCCC1. The van der Waals surface area contributed by atoms with Gasteiger partial charge in [-0.3, -0.25) is 4.79 Å². The third-order valence-electron chi connectivity index (χ3n) is 3.82. The molecule has 5 heteroatoms. The van der Waals surface area contributed by atoms with E-state index in [4.69, 9.17) is 17.3 Å². The van der Waals surface area contributed by atoms with Crippen LogP contribution in [0.4, 0.5) is 5.69 Å². The molecule has 3 nitrogen and oxygen atoms in total. The summed E-state index contributed by atoms with van der Waals surface area (Å²) in [6, 6.07) is 5.82. The summed E-state index contributed by atoms with van der Waals surface area (Å²) in [6.07, 6.45) is 6.04. The Hall–Kier alpha value is -0.870. The Kier molecular flexibility index (Phi) is 5.61. The summed E-state index contributed by atoms with van der Waals surface area (Å²) in [5.74, 6) is 0.603. The predicted molar refractivity (Wildman–Crippen MR) is 86.2 cm³/mol. The van der Waals surface area contributed by atoms with E-state index in [0.29, 0.717) is 22.5 Å². The number of nitrogen functional groups attached to an aromatic ring is 1. The summed E-state index contributed by atoms with van der Waals surface area (Å²) in [5.41, 5.74) is 6.30. The fraction of sp³-hybridized carbons (Fsp3) is 0.533. The van der Waals surface area contributed by atoms with Crippen LogP contribution >= 0.6 is 23.4 Å². The number of nitrogens with zero attached hydrogens (tertiary/aromatic N) is 1. The number of nitrogens with two attached hydrogens (primary N) is 1. The molecule has 1 aliphatic rings. The largest absolute Gasteiger partial charge is 0.399 e. The Morgan fingerprint density at radius 3 is 2.75 bits per heavy atom. The molecular weight excluding hydrogens is 292 g/mol. The maximum absolute atomic E-state index is 12.2. The lowest BCUT2D eigenvalue weighted by Crippen LogP contribution is -2.39. The van der Waals surface area contributed by atoms with Crippen LogP contribution in [0.3, 0.4) is 0 Å². The maximum atomic E-state index is 12.2. The Morgan fingerprint density at radius 1 is 1.40 bits per heavy atom. The van der Waals surface area contributed by atoms with Crippen LogP contribution in [0.25, 0.3) is 0 Å². The summed E-state index contributed by atoms with van der Waals surface area (Å²) in [5, 5.41) is 0.614. The molecule has 0 unspecified atom stereocenters. The van der Waals surface area contributed by atoms with Gasteiger partial charge in [0.1, 0.15) is 0 Å². The van der Waals surface area contributed by atoms with E-state index in [2.05, 4.69) is 0 Å². The molecular formula is C15H21ClN2OS. The van der Waals surface area contributed by atoms with E-state index in [0.717, 1.165) is 17.7 Å². The first-order chi connectivity index (χ1) is 9.58. The highest BCUT2D eigenvalue weighted by Gasteiger charge is 2.22. The zero-order valence-corrected chi connectivity index (χ0v) is 13.3. The average Bonchev–Trinajstić information content (AvgIpc) is 2.46. The second-order valence-corrected chi connectivity index (χ2v) is 6.70. The molecule has 0 bridgehead atoms. The Balaban J connectivity index is 1.87. The van der Waals surface area contributed by atoms with Gasteiger partial charge in [0, 0.05) is 23.7 Å². The molecule has 1 saturated carbocycles. The number of carbonyl (C=O) groups excluding carboxylic acids is 1. The number of benzene rings is 1. The van der Waals surface area contributed by atoms with Gasteiger partial charge in [0.05, 0.1) is 10.8 Å². The van der Waals surface area contributed by atoms with E-state index in [1.54, 1.807) is 6.07 Å². The first kappa shape index (κ1) is 15.5. The monoisotopic (exact) mass is 312 g/mol. The summed E-state index contributed by atoms with van der Waals surface area (Å²) in [6.45, 7) is 0. The number of carbonyl (C=O) groups is 1. The molecule has 0 spiro atoms. The number of amides is 1.